The van der Waals surface area contributed by atoms with Crippen LogP contribution in [0.1, 0.15) is 11.1 Å². The van der Waals surface area contributed by atoms with E-state index in [2.05, 4.69) is 157 Å². The summed E-state index contributed by atoms with van der Waals surface area (Å²) in [6, 6.07) is 70.2. The predicted molar refractivity (Wildman–Crippen MR) is 226 cm³/mol. The van der Waals surface area contributed by atoms with Crippen LogP contribution in [0.3, 0.4) is 0 Å². The van der Waals surface area contributed by atoms with Crippen LogP contribution in [-0.2, 0) is 0 Å². The molecule has 254 valence electrons. The van der Waals surface area contributed by atoms with Crippen molar-refractivity contribution in [2.45, 2.75) is 0 Å². The number of nitriles is 2. The number of anilines is 3. The van der Waals surface area contributed by atoms with Gasteiger partial charge in [0.25, 0.3) is 0 Å². The maximum Gasteiger partial charge on any atom is 0.0991 e. The van der Waals surface area contributed by atoms with Crippen molar-refractivity contribution in [2.75, 3.05) is 4.90 Å². The molecule has 3 nitrogen and oxygen atoms in total. The summed E-state index contributed by atoms with van der Waals surface area (Å²) in [5.41, 5.74) is 16.4. The van der Waals surface area contributed by atoms with E-state index in [0.29, 0.717) is 11.1 Å². The van der Waals surface area contributed by atoms with E-state index in [0.717, 1.165) is 22.6 Å². The summed E-state index contributed by atoms with van der Waals surface area (Å²) in [5.74, 6) is 0. The molecule has 0 N–H and O–H groups in total. The number of hydrogen-bond donors (Lipinski definition) is 0. The fraction of sp³-hybridized carbons (Fsp3) is 0. The summed E-state index contributed by atoms with van der Waals surface area (Å²) in [5, 5.41) is 23.9. The molecular weight excluding hydrogens is 667 g/mol. The molecule has 1 aliphatic carbocycles. The molecule has 1 aliphatic rings. The summed E-state index contributed by atoms with van der Waals surface area (Å²) in [6.07, 6.45) is 0. The maximum absolute atomic E-state index is 9.44. The van der Waals surface area contributed by atoms with Crippen LogP contribution in [0, 0.1) is 22.7 Å². The van der Waals surface area contributed by atoms with Gasteiger partial charge in [0.1, 0.15) is 0 Å². The quantitative estimate of drug-likeness (QED) is 0.174. The second-order valence-electron chi connectivity index (χ2n) is 13.9. The molecule has 0 fully saturated rings. The van der Waals surface area contributed by atoms with E-state index >= 15 is 0 Å². The molecule has 0 bridgehead atoms. The fourth-order valence-electron chi connectivity index (χ4n) is 8.47. The second-order valence-corrected chi connectivity index (χ2v) is 13.9. The summed E-state index contributed by atoms with van der Waals surface area (Å²) in [7, 11) is 0. The standard InChI is InChI=1S/C52H31N3/c53-32-34-18-24-39(25-19-34)55(40-26-20-35(33-54)21-27-40)41-28-22-36(23-29-41)42-30-31-47-50-43(42)16-9-17-46(50)51-48(37-10-3-1-4-11-37)44-14-7-8-15-45(44)49(52(47)51)38-12-5-2-6-13-38/h1-31H. The zero-order valence-electron chi connectivity index (χ0n) is 29.7. The van der Waals surface area contributed by atoms with Gasteiger partial charge < -0.3 is 4.90 Å². The minimum atomic E-state index is 0.605. The molecule has 0 heterocycles. The Bertz CT molecular complexity index is 2860. The van der Waals surface area contributed by atoms with E-state index in [-0.39, 0.29) is 0 Å². The summed E-state index contributed by atoms with van der Waals surface area (Å²) in [4.78, 5) is 2.15. The lowest BCUT2D eigenvalue weighted by Crippen LogP contribution is -2.09. The van der Waals surface area contributed by atoms with Gasteiger partial charge in [-0.1, -0.05) is 127 Å². The lowest BCUT2D eigenvalue weighted by Gasteiger charge is -2.26. The van der Waals surface area contributed by atoms with E-state index in [4.69, 9.17) is 0 Å². The highest BCUT2D eigenvalue weighted by molar-refractivity contribution is 6.28. The molecule has 55 heavy (non-hydrogen) atoms. The number of nitrogens with zero attached hydrogens (tertiary/aromatic N) is 3. The molecular formula is C52H31N3. The average Bonchev–Trinajstić information content (AvgIpc) is 3.59. The molecule has 9 aromatic carbocycles. The van der Waals surface area contributed by atoms with Crippen LogP contribution in [0.4, 0.5) is 17.1 Å². The smallest absolute Gasteiger partial charge is 0.0991 e. The first-order valence-corrected chi connectivity index (χ1v) is 18.4. The topological polar surface area (TPSA) is 50.8 Å². The number of benzene rings is 9. The molecule has 0 unspecified atom stereocenters. The Hall–Kier alpha value is -7.72. The first kappa shape index (κ1) is 32.0. The van der Waals surface area contributed by atoms with Gasteiger partial charge in [-0.2, -0.15) is 10.5 Å². The lowest BCUT2D eigenvalue weighted by molar-refractivity contribution is 1.28. The molecule has 0 saturated heterocycles. The van der Waals surface area contributed by atoms with Crippen molar-refractivity contribution in [3.05, 3.63) is 199 Å². The van der Waals surface area contributed by atoms with Crippen LogP contribution in [0.5, 0.6) is 0 Å². The highest BCUT2D eigenvalue weighted by atomic mass is 15.1. The average molecular weight is 698 g/mol. The Morgan fingerprint density at radius 3 is 1.22 bits per heavy atom. The minimum absolute atomic E-state index is 0.605. The minimum Gasteiger partial charge on any atom is -0.311 e. The van der Waals surface area contributed by atoms with Crippen molar-refractivity contribution in [3.63, 3.8) is 0 Å². The highest BCUT2D eigenvalue weighted by Crippen LogP contribution is 2.58. The number of rotatable bonds is 6. The summed E-state index contributed by atoms with van der Waals surface area (Å²) in [6.45, 7) is 0. The Kier molecular flexibility index (Phi) is 7.58. The van der Waals surface area contributed by atoms with Gasteiger partial charge in [0.2, 0.25) is 0 Å². The summed E-state index contributed by atoms with van der Waals surface area (Å²) >= 11 is 0. The Morgan fingerprint density at radius 1 is 0.309 bits per heavy atom. The zero-order valence-corrected chi connectivity index (χ0v) is 29.7. The number of hydrogen-bond acceptors (Lipinski definition) is 3. The largest absolute Gasteiger partial charge is 0.311 e. The van der Waals surface area contributed by atoms with Crippen molar-refractivity contribution in [1.82, 2.24) is 0 Å². The van der Waals surface area contributed by atoms with Crippen LogP contribution in [0.2, 0.25) is 0 Å². The third-order valence-corrected chi connectivity index (χ3v) is 10.9. The van der Waals surface area contributed by atoms with Crippen LogP contribution < -0.4 is 4.90 Å². The lowest BCUT2D eigenvalue weighted by atomic mass is 9.82. The molecule has 0 aromatic heterocycles. The van der Waals surface area contributed by atoms with Crippen LogP contribution in [0.15, 0.2) is 188 Å². The van der Waals surface area contributed by atoms with Crippen molar-refractivity contribution < 1.29 is 0 Å². The molecule has 0 saturated carbocycles. The first-order valence-electron chi connectivity index (χ1n) is 18.4. The zero-order chi connectivity index (χ0) is 36.9. The van der Waals surface area contributed by atoms with Gasteiger partial charge in [-0.25, -0.2) is 0 Å². The molecule has 0 spiro atoms. The first-order chi connectivity index (χ1) is 27.2. The van der Waals surface area contributed by atoms with Gasteiger partial charge in [-0.3, -0.25) is 0 Å². The van der Waals surface area contributed by atoms with E-state index in [1.165, 1.54) is 71.6 Å². The van der Waals surface area contributed by atoms with E-state index in [1.54, 1.807) is 0 Å². The second kappa shape index (κ2) is 13.0. The van der Waals surface area contributed by atoms with Crippen LogP contribution in [-0.4, -0.2) is 0 Å². The molecule has 0 atom stereocenters. The Morgan fingerprint density at radius 2 is 0.727 bits per heavy atom. The highest BCUT2D eigenvalue weighted by Gasteiger charge is 2.31. The molecule has 0 aliphatic heterocycles. The summed E-state index contributed by atoms with van der Waals surface area (Å²) < 4.78 is 0. The van der Waals surface area contributed by atoms with Gasteiger partial charge in [-0.15, -0.1) is 0 Å². The van der Waals surface area contributed by atoms with Gasteiger partial charge in [0.15, 0.2) is 0 Å². The predicted octanol–water partition coefficient (Wildman–Crippen LogP) is 13.9. The Labute approximate surface area is 319 Å². The van der Waals surface area contributed by atoms with Gasteiger partial charge >= 0.3 is 0 Å². The van der Waals surface area contributed by atoms with Gasteiger partial charge in [-0.05, 0) is 138 Å². The fourth-order valence-corrected chi connectivity index (χ4v) is 8.47. The third kappa shape index (κ3) is 5.19. The molecule has 3 heteroatoms. The molecule has 0 radical (unpaired) electrons. The van der Waals surface area contributed by atoms with Crippen molar-refractivity contribution in [3.8, 4) is 67.8 Å². The molecule has 10 rings (SSSR count). The maximum atomic E-state index is 9.44. The normalized spacial score (nSPS) is 11.2. The van der Waals surface area contributed by atoms with E-state index < -0.39 is 0 Å². The van der Waals surface area contributed by atoms with Crippen molar-refractivity contribution in [2.24, 2.45) is 0 Å². The van der Waals surface area contributed by atoms with E-state index in [9.17, 15) is 10.5 Å². The SMILES string of the molecule is N#Cc1ccc(N(c2ccc(C#N)cc2)c2ccc(-c3ccc4c5c(cccc35)-c3c-4c(-c4ccccc4)c4ccccc4c3-c3ccccc3)cc2)cc1. The van der Waals surface area contributed by atoms with Gasteiger partial charge in [0, 0.05) is 17.1 Å². The van der Waals surface area contributed by atoms with Crippen molar-refractivity contribution >= 4 is 38.6 Å². The van der Waals surface area contributed by atoms with Gasteiger partial charge in [0.05, 0.1) is 23.3 Å². The van der Waals surface area contributed by atoms with Crippen molar-refractivity contribution in [1.29, 1.82) is 10.5 Å². The third-order valence-electron chi connectivity index (χ3n) is 10.9. The Balaban J connectivity index is 1.16. The molecule has 0 amide bonds. The van der Waals surface area contributed by atoms with Crippen LogP contribution in [0.25, 0.3) is 77.2 Å². The van der Waals surface area contributed by atoms with Crippen LogP contribution >= 0.6 is 0 Å². The monoisotopic (exact) mass is 697 g/mol. The number of fused-ring (bicyclic) bond motifs is 4. The van der Waals surface area contributed by atoms with E-state index in [1.807, 2.05) is 48.5 Å². The molecule has 9 aromatic rings.